The molecule has 14 nitrogen and oxygen atoms in total. The molecule has 1 atom stereocenters. The van der Waals surface area contributed by atoms with E-state index in [0.717, 1.165) is 12.8 Å². The number of benzene rings is 2. The van der Waals surface area contributed by atoms with Crippen molar-refractivity contribution in [2.45, 2.75) is 58.9 Å². The number of hydrogen-bond donors (Lipinski definition) is 4. The first kappa shape index (κ1) is 33.6. The summed E-state index contributed by atoms with van der Waals surface area (Å²) in [5, 5.41) is 7.88. The minimum atomic E-state index is -0.798. The Morgan fingerprint density at radius 2 is 1.74 bits per heavy atom. The minimum Gasteiger partial charge on any atom is -0.490 e. The van der Waals surface area contributed by atoms with Crippen LogP contribution in [0.25, 0.3) is 11.2 Å². The highest BCUT2D eigenvalue weighted by molar-refractivity contribution is 5.95. The summed E-state index contributed by atoms with van der Waals surface area (Å²) in [6, 6.07) is 10.4. The Labute approximate surface area is 266 Å². The van der Waals surface area contributed by atoms with Crippen LogP contribution < -0.4 is 31.4 Å². The molecule has 1 amide bonds. The van der Waals surface area contributed by atoms with Gasteiger partial charge in [-0.25, -0.2) is 9.78 Å². The molecule has 7 N–H and O–H groups in total. The molecule has 2 aromatic heterocycles. The molecule has 2 heterocycles. The van der Waals surface area contributed by atoms with Gasteiger partial charge in [-0.1, -0.05) is 25.5 Å². The molecule has 14 heteroatoms. The molecule has 0 saturated carbocycles. The van der Waals surface area contributed by atoms with E-state index < -0.39 is 17.9 Å². The maximum absolute atomic E-state index is 13.0. The summed E-state index contributed by atoms with van der Waals surface area (Å²) in [7, 11) is 0. The van der Waals surface area contributed by atoms with Gasteiger partial charge >= 0.3 is 12.0 Å². The lowest BCUT2D eigenvalue weighted by Crippen LogP contribution is -2.27. The highest BCUT2D eigenvalue weighted by atomic mass is 16.5. The van der Waals surface area contributed by atoms with Crippen LogP contribution in [0.3, 0.4) is 0 Å². The minimum absolute atomic E-state index is 0.0403. The molecule has 0 spiro atoms. The first-order valence-corrected chi connectivity index (χ1v) is 15.2. The Bertz CT molecular complexity index is 1710. The molecule has 4 aromatic rings. The number of fused-ring (bicyclic) bond motifs is 1. The fraction of sp³-hybridized carbons (Fsp3) is 0.375. The molecule has 4 rings (SSSR count). The number of aromatic nitrogens is 4. The van der Waals surface area contributed by atoms with Crippen molar-refractivity contribution in [3.05, 3.63) is 59.4 Å². The number of aryl methyl sites for hydroxylation is 1. The van der Waals surface area contributed by atoms with E-state index in [1.165, 1.54) is 6.07 Å². The van der Waals surface area contributed by atoms with Gasteiger partial charge in [0, 0.05) is 5.56 Å². The van der Waals surface area contributed by atoms with Gasteiger partial charge in [-0.2, -0.15) is 9.97 Å². The number of nitrogens with one attached hydrogen (secondary N) is 1. The number of amidine groups is 1. The van der Waals surface area contributed by atoms with Gasteiger partial charge in [-0.05, 0) is 76.4 Å². The number of carbonyl (C=O) groups is 2. The largest absolute Gasteiger partial charge is 0.490 e. The zero-order chi connectivity index (χ0) is 33.2. The second-order valence-corrected chi connectivity index (χ2v) is 10.4. The third-order valence-electron chi connectivity index (χ3n) is 7.04. The number of nitrogens with two attached hydrogens (primary N) is 3. The molecule has 0 fully saturated rings. The summed E-state index contributed by atoms with van der Waals surface area (Å²) >= 11 is 0. The quantitative estimate of drug-likeness (QED) is 0.0549. The van der Waals surface area contributed by atoms with Crippen LogP contribution in [0.2, 0.25) is 0 Å². The van der Waals surface area contributed by atoms with Crippen LogP contribution >= 0.6 is 0 Å². The molecule has 0 saturated heterocycles. The van der Waals surface area contributed by atoms with Crippen LogP contribution in [0.15, 0.2) is 42.5 Å². The van der Waals surface area contributed by atoms with Crippen LogP contribution in [0.4, 0.5) is 0 Å². The van der Waals surface area contributed by atoms with Gasteiger partial charge in [0.05, 0.1) is 13.2 Å². The average molecular weight is 633 g/mol. The number of nitrogens with zero attached hydrogens (tertiary/aromatic N) is 4. The van der Waals surface area contributed by atoms with Crippen LogP contribution in [0.5, 0.6) is 29.1 Å². The number of para-hydroxylation sites is 1. The van der Waals surface area contributed by atoms with E-state index in [1.807, 2.05) is 13.8 Å². The number of primary amides is 1. The summed E-state index contributed by atoms with van der Waals surface area (Å²) in [6.07, 6.45) is 3.33. The van der Waals surface area contributed by atoms with Gasteiger partial charge in [0.1, 0.15) is 29.0 Å². The van der Waals surface area contributed by atoms with Crippen molar-refractivity contribution in [3.63, 3.8) is 0 Å². The van der Waals surface area contributed by atoms with Gasteiger partial charge in [-0.15, -0.1) is 0 Å². The number of hydrogen-bond acceptors (Lipinski definition) is 11. The monoisotopic (exact) mass is 632 g/mol. The third kappa shape index (κ3) is 7.88. The Balaban J connectivity index is 1.88. The van der Waals surface area contributed by atoms with Gasteiger partial charge in [0.15, 0.2) is 22.7 Å². The van der Waals surface area contributed by atoms with Gasteiger partial charge in [0.2, 0.25) is 5.91 Å². The number of esters is 1. The number of imidazole rings is 1. The lowest BCUT2D eigenvalue weighted by Gasteiger charge is -2.18. The number of rotatable bonds is 17. The molecule has 0 radical (unpaired) electrons. The Morgan fingerprint density at radius 1 is 0.957 bits per heavy atom. The summed E-state index contributed by atoms with van der Waals surface area (Å²) < 4.78 is 25.2. The fourth-order valence-electron chi connectivity index (χ4n) is 4.75. The van der Waals surface area contributed by atoms with Crippen molar-refractivity contribution in [1.29, 1.82) is 5.41 Å². The third-order valence-corrected chi connectivity index (χ3v) is 7.04. The molecule has 0 aliphatic rings. The van der Waals surface area contributed by atoms with E-state index in [0.29, 0.717) is 49.6 Å². The molecule has 2 aromatic carbocycles. The molecule has 1 unspecified atom stereocenters. The lowest BCUT2D eigenvalue weighted by molar-refractivity contribution is -0.121. The summed E-state index contributed by atoms with van der Waals surface area (Å²) in [6.45, 7) is 6.61. The van der Waals surface area contributed by atoms with Crippen molar-refractivity contribution in [2.24, 2.45) is 17.2 Å². The normalized spacial score (nSPS) is 11.7. The second-order valence-electron chi connectivity index (χ2n) is 10.4. The Morgan fingerprint density at radius 3 is 2.43 bits per heavy atom. The topological polar surface area (TPSA) is 217 Å². The van der Waals surface area contributed by atoms with Crippen LogP contribution in [0.1, 0.15) is 73.7 Å². The Hall–Kier alpha value is -5.24. The second kappa shape index (κ2) is 15.7. The predicted molar refractivity (Wildman–Crippen MR) is 172 cm³/mol. The van der Waals surface area contributed by atoms with Gasteiger partial charge in [0.25, 0.3) is 5.88 Å². The number of carbonyl (C=O) groups excluding carboxylic acids is 2. The fourth-order valence-corrected chi connectivity index (χ4v) is 4.75. The molecule has 0 aliphatic carbocycles. The number of unbranched alkanes of at least 4 members (excludes halogenated alkanes) is 2. The maximum Gasteiger partial charge on any atom is 0.341 e. The summed E-state index contributed by atoms with van der Waals surface area (Å²) in [5.74, 6) is -0.182. The number of nitrogen functional groups attached to an aromatic ring is 1. The number of ether oxygens (including phenoxy) is 4. The zero-order valence-corrected chi connectivity index (χ0v) is 26.2. The van der Waals surface area contributed by atoms with Crippen LogP contribution in [-0.4, -0.2) is 57.0 Å². The molecule has 244 valence electrons. The molecule has 46 heavy (non-hydrogen) atoms. The van der Waals surface area contributed by atoms with Crippen molar-refractivity contribution in [3.8, 4) is 29.1 Å². The van der Waals surface area contributed by atoms with Gasteiger partial charge < -0.3 is 36.1 Å². The van der Waals surface area contributed by atoms with E-state index >= 15 is 0 Å². The standard InChI is InChI=1S/C32H40N8O6/c1-4-6-17-44-31(42)21-11-7-8-13-23(21)45-30-26-29(40(19(3)37-26)22(28(36)41)12-9-10-16-33)38-32(39-30)46-25-18-20(27(34)35)14-15-24(25)43-5-2/h7-8,11,13-15,18,22H,4-6,9-10,12,16-17,33H2,1-3H3,(H3,34,35)(H2,36,41). The summed E-state index contributed by atoms with van der Waals surface area (Å²) in [5.41, 5.74) is 18.3. The average Bonchev–Trinajstić information content (AvgIpc) is 3.35. The zero-order valence-electron chi connectivity index (χ0n) is 26.2. The van der Waals surface area contributed by atoms with E-state index in [1.54, 1.807) is 47.9 Å². The molecule has 0 aliphatic heterocycles. The van der Waals surface area contributed by atoms with Crippen molar-refractivity contribution in [2.75, 3.05) is 19.8 Å². The lowest BCUT2D eigenvalue weighted by atomic mass is 10.1. The SMILES string of the molecule is CCCCOC(=O)c1ccccc1Oc1nc(Oc2cc(C(=N)N)ccc2OCC)nc2c1nc(C)n2C(CCCCN)C(N)=O. The van der Waals surface area contributed by atoms with E-state index in [-0.39, 0.29) is 52.6 Å². The van der Waals surface area contributed by atoms with Gasteiger partial charge in [-0.3, -0.25) is 14.8 Å². The number of amides is 1. The molecule has 0 bridgehead atoms. The van der Waals surface area contributed by atoms with E-state index in [2.05, 4.69) is 15.0 Å². The first-order valence-electron chi connectivity index (χ1n) is 15.2. The van der Waals surface area contributed by atoms with Crippen LogP contribution in [-0.2, 0) is 9.53 Å². The van der Waals surface area contributed by atoms with Crippen molar-refractivity contribution >= 4 is 28.9 Å². The molecular formula is C32H40N8O6. The van der Waals surface area contributed by atoms with Crippen LogP contribution in [0, 0.1) is 12.3 Å². The smallest absolute Gasteiger partial charge is 0.341 e. The van der Waals surface area contributed by atoms with E-state index in [9.17, 15) is 9.59 Å². The maximum atomic E-state index is 13.0. The first-order chi connectivity index (χ1) is 22.2. The van der Waals surface area contributed by atoms with Crippen molar-refractivity contribution in [1.82, 2.24) is 19.5 Å². The highest BCUT2D eigenvalue weighted by Crippen LogP contribution is 2.37. The summed E-state index contributed by atoms with van der Waals surface area (Å²) in [4.78, 5) is 39.5. The molecular weight excluding hydrogens is 592 g/mol. The Kier molecular flexibility index (Phi) is 11.5. The van der Waals surface area contributed by atoms with E-state index in [4.69, 9.17) is 41.6 Å². The predicted octanol–water partition coefficient (Wildman–Crippen LogP) is 4.51. The van der Waals surface area contributed by atoms with Crippen molar-refractivity contribution < 1.29 is 28.5 Å². The highest BCUT2D eigenvalue weighted by Gasteiger charge is 2.27.